The average Bonchev–Trinajstić information content (AvgIpc) is 2.72. The summed E-state index contributed by atoms with van der Waals surface area (Å²) in [6.45, 7) is 0.342. The summed E-state index contributed by atoms with van der Waals surface area (Å²) in [6, 6.07) is 19.4. The lowest BCUT2D eigenvalue weighted by Gasteiger charge is -2.14. The average molecular weight is 520 g/mol. The van der Waals surface area contributed by atoms with E-state index in [1.54, 1.807) is 30.3 Å². The fraction of sp³-hybridized carbons (Fsp3) is 0.0870. The number of allylic oxidation sites excluding steroid dienone is 1. The van der Waals surface area contributed by atoms with Crippen LogP contribution in [-0.2, 0) is 6.61 Å². The lowest BCUT2D eigenvalue weighted by atomic mass is 10.0. The van der Waals surface area contributed by atoms with Gasteiger partial charge in [-0.25, -0.2) is 4.39 Å². The van der Waals surface area contributed by atoms with Gasteiger partial charge in [-0.15, -0.1) is 0 Å². The topological polar surface area (TPSA) is 42.2 Å². The Morgan fingerprint density at radius 1 is 1.17 bits per heavy atom. The molecule has 146 valence electrons. The van der Waals surface area contributed by atoms with Crippen molar-refractivity contribution in [3.05, 3.63) is 91.8 Å². The summed E-state index contributed by atoms with van der Waals surface area (Å²) in [5.74, 6) is 0.471. The SMILES string of the molecule is COc1cc(/C=C(/C#N)c2cccc(F)c2)cc(Cl)c1OCc1ccc(I)cc1. The van der Waals surface area contributed by atoms with E-state index in [-0.39, 0.29) is 0 Å². The molecule has 0 aliphatic heterocycles. The summed E-state index contributed by atoms with van der Waals surface area (Å²) in [5.41, 5.74) is 2.46. The molecule has 3 aromatic rings. The predicted molar refractivity (Wildman–Crippen MR) is 121 cm³/mol. The molecule has 3 nitrogen and oxygen atoms in total. The molecular weight excluding hydrogens is 504 g/mol. The van der Waals surface area contributed by atoms with Crippen molar-refractivity contribution in [1.82, 2.24) is 0 Å². The van der Waals surface area contributed by atoms with E-state index in [2.05, 4.69) is 28.7 Å². The van der Waals surface area contributed by atoms with Crippen LogP contribution in [0.15, 0.2) is 60.7 Å². The van der Waals surface area contributed by atoms with Gasteiger partial charge in [0, 0.05) is 3.57 Å². The minimum Gasteiger partial charge on any atom is -0.493 e. The van der Waals surface area contributed by atoms with Crippen LogP contribution in [-0.4, -0.2) is 7.11 Å². The van der Waals surface area contributed by atoms with Crippen molar-refractivity contribution in [3.63, 3.8) is 0 Å². The van der Waals surface area contributed by atoms with Crippen LogP contribution in [0.3, 0.4) is 0 Å². The summed E-state index contributed by atoms with van der Waals surface area (Å²) in [7, 11) is 1.52. The van der Waals surface area contributed by atoms with Crippen LogP contribution in [0, 0.1) is 20.7 Å². The Kier molecular flexibility index (Phi) is 7.13. The van der Waals surface area contributed by atoms with E-state index in [1.165, 1.54) is 19.2 Å². The molecule has 0 fully saturated rings. The molecule has 0 bridgehead atoms. The van der Waals surface area contributed by atoms with Gasteiger partial charge in [-0.1, -0.05) is 35.9 Å². The first-order valence-corrected chi connectivity index (χ1v) is 10.1. The smallest absolute Gasteiger partial charge is 0.180 e. The molecule has 0 saturated carbocycles. The Hall–Kier alpha value is -2.56. The van der Waals surface area contributed by atoms with Crippen LogP contribution >= 0.6 is 34.2 Å². The number of hydrogen-bond donors (Lipinski definition) is 0. The monoisotopic (exact) mass is 519 g/mol. The fourth-order valence-electron chi connectivity index (χ4n) is 2.70. The largest absolute Gasteiger partial charge is 0.493 e. The molecule has 0 aliphatic carbocycles. The lowest BCUT2D eigenvalue weighted by Crippen LogP contribution is -1.99. The van der Waals surface area contributed by atoms with Crippen molar-refractivity contribution in [1.29, 1.82) is 5.26 Å². The van der Waals surface area contributed by atoms with Gasteiger partial charge >= 0.3 is 0 Å². The fourth-order valence-corrected chi connectivity index (χ4v) is 3.34. The molecule has 0 N–H and O–H groups in total. The Balaban J connectivity index is 1.89. The first-order valence-electron chi connectivity index (χ1n) is 8.62. The Bertz CT molecular complexity index is 1090. The first-order chi connectivity index (χ1) is 14.0. The van der Waals surface area contributed by atoms with Crippen molar-refractivity contribution < 1.29 is 13.9 Å². The van der Waals surface area contributed by atoms with E-state index >= 15 is 0 Å². The molecule has 0 saturated heterocycles. The van der Waals surface area contributed by atoms with E-state index in [9.17, 15) is 9.65 Å². The number of hydrogen-bond acceptors (Lipinski definition) is 3. The summed E-state index contributed by atoms with van der Waals surface area (Å²) < 4.78 is 25.9. The van der Waals surface area contributed by atoms with Crippen molar-refractivity contribution in [2.24, 2.45) is 0 Å². The summed E-state index contributed by atoms with van der Waals surface area (Å²) >= 11 is 8.67. The van der Waals surface area contributed by atoms with Crippen molar-refractivity contribution in [2.75, 3.05) is 7.11 Å². The Morgan fingerprint density at radius 2 is 1.93 bits per heavy atom. The van der Waals surface area contributed by atoms with Crippen LogP contribution in [0.5, 0.6) is 11.5 Å². The maximum absolute atomic E-state index is 13.5. The van der Waals surface area contributed by atoms with E-state index in [0.29, 0.717) is 39.8 Å². The molecular formula is C23H16ClFINO2. The maximum atomic E-state index is 13.5. The number of rotatable bonds is 6. The second kappa shape index (κ2) is 9.77. The van der Waals surface area contributed by atoms with Crippen LogP contribution in [0.2, 0.25) is 5.02 Å². The van der Waals surface area contributed by atoms with Gasteiger partial charge in [0.05, 0.1) is 23.8 Å². The van der Waals surface area contributed by atoms with Crippen molar-refractivity contribution in [3.8, 4) is 17.6 Å². The lowest BCUT2D eigenvalue weighted by molar-refractivity contribution is 0.284. The third kappa shape index (κ3) is 5.49. The van der Waals surface area contributed by atoms with Crippen molar-refractivity contribution >= 4 is 45.8 Å². The molecule has 3 aromatic carbocycles. The van der Waals surface area contributed by atoms with Gasteiger partial charge in [0.2, 0.25) is 0 Å². The molecule has 0 aliphatic rings. The molecule has 0 radical (unpaired) electrons. The number of halogens is 3. The van der Waals surface area contributed by atoms with Crippen molar-refractivity contribution in [2.45, 2.75) is 6.61 Å². The number of methoxy groups -OCH3 is 1. The second-order valence-corrected chi connectivity index (χ2v) is 7.78. The van der Waals surface area contributed by atoms with Gasteiger partial charge in [0.25, 0.3) is 0 Å². The highest BCUT2D eigenvalue weighted by molar-refractivity contribution is 14.1. The van der Waals surface area contributed by atoms with Gasteiger partial charge in [-0.3, -0.25) is 0 Å². The zero-order chi connectivity index (χ0) is 20.8. The summed E-state index contributed by atoms with van der Waals surface area (Å²) in [5, 5.41) is 9.84. The number of benzene rings is 3. The van der Waals surface area contributed by atoms with E-state index in [1.807, 2.05) is 24.3 Å². The first kappa shape index (κ1) is 21.2. The minimum absolute atomic E-state index is 0.315. The number of nitriles is 1. The highest BCUT2D eigenvalue weighted by Crippen LogP contribution is 2.38. The van der Waals surface area contributed by atoms with Crippen LogP contribution in [0.25, 0.3) is 11.6 Å². The van der Waals surface area contributed by atoms with E-state index in [4.69, 9.17) is 21.1 Å². The van der Waals surface area contributed by atoms with Crippen LogP contribution in [0.4, 0.5) is 4.39 Å². The third-order valence-electron chi connectivity index (χ3n) is 4.12. The molecule has 6 heteroatoms. The van der Waals surface area contributed by atoms with Gasteiger partial charge in [-0.2, -0.15) is 5.26 Å². The molecule has 3 rings (SSSR count). The molecule has 0 atom stereocenters. The molecule has 0 heterocycles. The Labute approximate surface area is 187 Å². The zero-order valence-electron chi connectivity index (χ0n) is 15.5. The molecule has 0 spiro atoms. The normalized spacial score (nSPS) is 11.1. The predicted octanol–water partition coefficient (Wildman–Crippen LogP) is 6.74. The van der Waals surface area contributed by atoms with E-state index < -0.39 is 5.82 Å². The Morgan fingerprint density at radius 3 is 2.59 bits per heavy atom. The third-order valence-corrected chi connectivity index (χ3v) is 5.12. The molecule has 29 heavy (non-hydrogen) atoms. The van der Waals surface area contributed by atoms with Gasteiger partial charge in [0.15, 0.2) is 11.5 Å². The van der Waals surface area contributed by atoms with Gasteiger partial charge in [0.1, 0.15) is 12.4 Å². The quantitative estimate of drug-likeness (QED) is 0.206. The molecule has 0 unspecified atom stereocenters. The highest BCUT2D eigenvalue weighted by Gasteiger charge is 2.13. The zero-order valence-corrected chi connectivity index (χ0v) is 18.4. The highest BCUT2D eigenvalue weighted by atomic mass is 127. The summed E-state index contributed by atoms with van der Waals surface area (Å²) in [6.07, 6.45) is 1.63. The van der Waals surface area contributed by atoms with Crippen LogP contribution < -0.4 is 9.47 Å². The maximum Gasteiger partial charge on any atom is 0.180 e. The number of ether oxygens (including phenoxy) is 2. The second-order valence-electron chi connectivity index (χ2n) is 6.13. The molecule has 0 aromatic heterocycles. The minimum atomic E-state index is -0.404. The van der Waals surface area contributed by atoms with Crippen LogP contribution in [0.1, 0.15) is 16.7 Å². The van der Waals surface area contributed by atoms with Gasteiger partial charge in [-0.05, 0) is 81.8 Å². The standard InChI is InChI=1S/C23H16ClFINO2/c1-28-22-11-16(9-18(13-27)17-3-2-4-19(25)12-17)10-21(24)23(22)29-14-15-5-7-20(26)8-6-15/h2-12H,14H2,1H3/b18-9-. The van der Waals surface area contributed by atoms with Gasteiger partial charge < -0.3 is 9.47 Å². The van der Waals surface area contributed by atoms with E-state index in [0.717, 1.165) is 9.13 Å². The number of nitrogens with zero attached hydrogens (tertiary/aromatic N) is 1. The molecule has 0 amide bonds. The summed E-state index contributed by atoms with van der Waals surface area (Å²) in [4.78, 5) is 0.